The second-order valence-corrected chi connectivity index (χ2v) is 8.48. The maximum absolute atomic E-state index is 12.4. The van der Waals surface area contributed by atoms with Crippen molar-refractivity contribution in [3.05, 3.63) is 35.9 Å². The Balaban J connectivity index is 2.09. The van der Waals surface area contributed by atoms with Crippen molar-refractivity contribution in [2.75, 3.05) is 12.8 Å². The average Bonchev–Trinajstić information content (AvgIpc) is 2.34. The molecule has 1 aromatic rings. The Bertz CT molecular complexity index is 593. The number of carbonyl (C=O) groups excluding carboxylic acids is 1. The van der Waals surface area contributed by atoms with Gasteiger partial charge in [-0.1, -0.05) is 30.3 Å². The highest BCUT2D eigenvalue weighted by atomic mass is 32.2. The van der Waals surface area contributed by atoms with E-state index in [9.17, 15) is 13.2 Å². The van der Waals surface area contributed by atoms with Gasteiger partial charge in [0.1, 0.15) is 4.75 Å². The third-order valence-electron chi connectivity index (χ3n) is 4.16. The van der Waals surface area contributed by atoms with Gasteiger partial charge >= 0.3 is 0 Å². The van der Waals surface area contributed by atoms with E-state index in [0.29, 0.717) is 6.54 Å². The molecule has 0 radical (unpaired) electrons. The molecule has 1 fully saturated rings. The summed E-state index contributed by atoms with van der Waals surface area (Å²) < 4.78 is 22.2. The van der Waals surface area contributed by atoms with Gasteiger partial charge in [-0.25, -0.2) is 8.42 Å². The Labute approximate surface area is 120 Å². The first-order chi connectivity index (χ1) is 9.23. The molecule has 0 aliphatic carbocycles. The summed E-state index contributed by atoms with van der Waals surface area (Å²) in [4.78, 5) is 14.1. The number of hydrogen-bond acceptors (Lipinski definition) is 3. The number of amides is 1. The van der Waals surface area contributed by atoms with Crippen molar-refractivity contribution in [1.82, 2.24) is 4.90 Å². The highest BCUT2D eigenvalue weighted by molar-refractivity contribution is 7.92. The molecular formula is C15H21NO3S. The summed E-state index contributed by atoms with van der Waals surface area (Å²) in [6.07, 6.45) is 2.84. The maximum atomic E-state index is 12.4. The molecule has 0 spiro atoms. The lowest BCUT2D eigenvalue weighted by Gasteiger charge is -2.44. The summed E-state index contributed by atoms with van der Waals surface area (Å²) in [5.74, 6) is -0.285. The highest BCUT2D eigenvalue weighted by Gasteiger charge is 2.45. The molecule has 0 saturated carbocycles. The second kappa shape index (κ2) is 5.20. The molecule has 1 unspecified atom stereocenters. The van der Waals surface area contributed by atoms with Crippen molar-refractivity contribution in [2.45, 2.75) is 37.5 Å². The minimum absolute atomic E-state index is 0.117. The number of likely N-dealkylation sites (tertiary alicyclic amines) is 1. The van der Waals surface area contributed by atoms with Crippen molar-refractivity contribution in [2.24, 2.45) is 0 Å². The number of nitrogens with zero attached hydrogens (tertiary/aromatic N) is 1. The summed E-state index contributed by atoms with van der Waals surface area (Å²) in [7, 11) is -3.41. The Morgan fingerprint density at radius 3 is 2.35 bits per heavy atom. The Morgan fingerprint density at radius 2 is 1.90 bits per heavy atom. The lowest BCUT2D eigenvalue weighted by Crippen LogP contribution is -2.59. The third kappa shape index (κ3) is 2.73. The molecule has 20 heavy (non-hydrogen) atoms. The van der Waals surface area contributed by atoms with Crippen LogP contribution in [0.3, 0.4) is 0 Å². The smallest absolute Gasteiger partial charge is 0.243 e. The van der Waals surface area contributed by atoms with Crippen LogP contribution in [-0.2, 0) is 21.1 Å². The predicted molar refractivity (Wildman–Crippen MR) is 79.2 cm³/mol. The molecule has 5 heteroatoms. The van der Waals surface area contributed by atoms with Crippen molar-refractivity contribution < 1.29 is 13.2 Å². The van der Waals surface area contributed by atoms with Gasteiger partial charge in [0.15, 0.2) is 9.84 Å². The van der Waals surface area contributed by atoms with Crippen LogP contribution in [0.1, 0.15) is 25.8 Å². The van der Waals surface area contributed by atoms with Gasteiger partial charge in [-0.3, -0.25) is 4.79 Å². The fourth-order valence-corrected chi connectivity index (χ4v) is 2.75. The van der Waals surface area contributed by atoms with E-state index in [-0.39, 0.29) is 11.9 Å². The molecule has 1 amide bonds. The summed E-state index contributed by atoms with van der Waals surface area (Å²) in [6, 6.07) is 10.1. The molecule has 2 rings (SSSR count). The quantitative estimate of drug-likeness (QED) is 0.849. The van der Waals surface area contributed by atoms with Crippen LogP contribution >= 0.6 is 0 Å². The molecule has 1 aliphatic heterocycles. The average molecular weight is 295 g/mol. The first kappa shape index (κ1) is 15.0. The third-order valence-corrected chi connectivity index (χ3v) is 6.19. The van der Waals surface area contributed by atoms with Crippen molar-refractivity contribution >= 4 is 15.7 Å². The maximum Gasteiger partial charge on any atom is 0.243 e. The lowest BCUT2D eigenvalue weighted by atomic mass is 9.93. The van der Waals surface area contributed by atoms with E-state index in [1.54, 1.807) is 4.90 Å². The van der Waals surface area contributed by atoms with E-state index in [4.69, 9.17) is 0 Å². The van der Waals surface area contributed by atoms with Gasteiger partial charge in [0.25, 0.3) is 0 Å². The molecule has 110 valence electrons. The van der Waals surface area contributed by atoms with Gasteiger partial charge in [-0.2, -0.15) is 0 Å². The van der Waals surface area contributed by atoms with E-state index in [2.05, 4.69) is 0 Å². The molecule has 0 N–H and O–H groups in total. The van der Waals surface area contributed by atoms with Gasteiger partial charge in [0, 0.05) is 18.8 Å². The largest absolute Gasteiger partial charge is 0.338 e. The minimum Gasteiger partial charge on any atom is -0.338 e. The molecule has 0 aromatic heterocycles. The standard InChI is InChI=1S/C15H21NO3S/c1-15(2,20(3,18)19)14(17)16-10-9-13(16)11-12-7-5-4-6-8-12/h4-8,13H,9-11H2,1-3H3. The molecule has 1 heterocycles. The number of rotatable bonds is 4. The first-order valence-electron chi connectivity index (χ1n) is 6.78. The van der Waals surface area contributed by atoms with E-state index in [1.807, 2.05) is 30.3 Å². The van der Waals surface area contributed by atoms with Crippen LogP contribution in [0.25, 0.3) is 0 Å². The van der Waals surface area contributed by atoms with Crippen LogP contribution in [0, 0.1) is 0 Å². The highest BCUT2D eigenvalue weighted by Crippen LogP contribution is 2.28. The Hall–Kier alpha value is -1.36. The van der Waals surface area contributed by atoms with E-state index in [0.717, 1.165) is 19.1 Å². The normalized spacial score (nSPS) is 19.6. The van der Waals surface area contributed by atoms with Gasteiger partial charge in [-0.15, -0.1) is 0 Å². The van der Waals surface area contributed by atoms with E-state index < -0.39 is 14.6 Å². The topological polar surface area (TPSA) is 54.5 Å². The molecule has 0 bridgehead atoms. The van der Waals surface area contributed by atoms with Crippen LogP contribution in [0.5, 0.6) is 0 Å². The second-order valence-electron chi connectivity index (χ2n) is 5.91. The van der Waals surface area contributed by atoms with Crippen LogP contribution in [-0.4, -0.2) is 42.8 Å². The van der Waals surface area contributed by atoms with E-state index in [1.165, 1.54) is 19.4 Å². The van der Waals surface area contributed by atoms with Crippen molar-refractivity contribution in [1.29, 1.82) is 0 Å². The fourth-order valence-electron chi connectivity index (χ4n) is 2.31. The summed E-state index contributed by atoms with van der Waals surface area (Å²) in [5, 5.41) is 0. The van der Waals surface area contributed by atoms with Gasteiger partial charge in [0.05, 0.1) is 0 Å². The zero-order valence-electron chi connectivity index (χ0n) is 12.2. The molecule has 1 atom stereocenters. The zero-order chi connectivity index (χ0) is 15.0. The molecular weight excluding hydrogens is 274 g/mol. The number of hydrogen-bond donors (Lipinski definition) is 0. The van der Waals surface area contributed by atoms with Crippen LogP contribution in [0.15, 0.2) is 30.3 Å². The monoisotopic (exact) mass is 295 g/mol. The Morgan fingerprint density at radius 1 is 1.30 bits per heavy atom. The first-order valence-corrected chi connectivity index (χ1v) is 8.67. The summed E-state index contributed by atoms with van der Waals surface area (Å²) in [6.45, 7) is 3.63. The Kier molecular flexibility index (Phi) is 3.91. The van der Waals surface area contributed by atoms with Gasteiger partial charge < -0.3 is 4.90 Å². The number of carbonyl (C=O) groups is 1. The van der Waals surface area contributed by atoms with Crippen LogP contribution < -0.4 is 0 Å². The van der Waals surface area contributed by atoms with Crippen molar-refractivity contribution in [3.8, 4) is 0 Å². The summed E-state index contributed by atoms with van der Waals surface area (Å²) >= 11 is 0. The predicted octanol–water partition coefficient (Wildman–Crippen LogP) is 1.65. The van der Waals surface area contributed by atoms with Crippen LogP contribution in [0.4, 0.5) is 0 Å². The molecule has 1 aliphatic rings. The fraction of sp³-hybridized carbons (Fsp3) is 0.533. The number of sulfone groups is 1. The zero-order valence-corrected chi connectivity index (χ0v) is 13.0. The van der Waals surface area contributed by atoms with E-state index >= 15 is 0 Å². The van der Waals surface area contributed by atoms with Crippen molar-refractivity contribution in [3.63, 3.8) is 0 Å². The van der Waals surface area contributed by atoms with Gasteiger partial charge in [-0.05, 0) is 32.3 Å². The van der Waals surface area contributed by atoms with Gasteiger partial charge in [0.2, 0.25) is 5.91 Å². The molecule has 4 nitrogen and oxygen atoms in total. The van der Waals surface area contributed by atoms with Crippen LogP contribution in [0.2, 0.25) is 0 Å². The number of benzene rings is 1. The summed E-state index contributed by atoms with van der Waals surface area (Å²) in [5.41, 5.74) is 1.17. The SMILES string of the molecule is CC(C)(C(=O)N1CCC1Cc1ccccc1)S(C)(=O)=O. The lowest BCUT2D eigenvalue weighted by molar-refractivity contribution is -0.140. The minimum atomic E-state index is -3.41. The molecule has 1 aromatic carbocycles. The molecule has 1 saturated heterocycles.